The lowest BCUT2D eigenvalue weighted by atomic mass is 9.95. The number of hydrogen-bond acceptors (Lipinski definition) is 11. The predicted octanol–water partition coefficient (Wildman–Crippen LogP) is 10.2. The average molecular weight is 1130 g/mol. The normalized spacial score (nSPS) is 17.3. The molecule has 0 aliphatic carbocycles. The number of rotatable bonds is 19. The summed E-state index contributed by atoms with van der Waals surface area (Å²) >= 11 is 0. The highest BCUT2D eigenvalue weighted by Crippen LogP contribution is 2.34. The molecule has 2 aliphatic rings. The number of likely N-dealkylation sites (N-methyl/N-ethyl adjacent to an activating group) is 1. The Labute approximate surface area is 486 Å². The van der Waals surface area contributed by atoms with Crippen molar-refractivity contribution < 1.29 is 52.5 Å². The molecule has 4 atom stereocenters. The van der Waals surface area contributed by atoms with E-state index in [1.807, 2.05) is 178 Å². The number of nitrogens with zero attached hydrogens (tertiary/aromatic N) is 2. The van der Waals surface area contributed by atoms with E-state index in [1.165, 1.54) is 11.9 Å². The summed E-state index contributed by atoms with van der Waals surface area (Å²) in [7, 11) is 1.53. The number of carbonyl (C=O) groups is 6. The van der Waals surface area contributed by atoms with E-state index in [9.17, 15) is 14.4 Å². The maximum Gasteiger partial charge on any atom is 0.410 e. The Morgan fingerprint density at radius 2 is 1.12 bits per heavy atom. The molecule has 436 valence electrons. The van der Waals surface area contributed by atoms with Crippen LogP contribution < -0.4 is 30.7 Å². The molecule has 2 heterocycles. The third kappa shape index (κ3) is 18.3. The van der Waals surface area contributed by atoms with Gasteiger partial charge in [-0.1, -0.05) is 133 Å². The number of likely N-dealkylation sites (tertiary alicyclic amines) is 1. The Morgan fingerprint density at radius 3 is 1.66 bits per heavy atom. The molecule has 17 nitrogen and oxygen atoms in total. The smallest absolute Gasteiger partial charge is 0.410 e. The molecule has 0 radical (unpaired) electrons. The van der Waals surface area contributed by atoms with Crippen molar-refractivity contribution in [1.29, 1.82) is 0 Å². The van der Waals surface area contributed by atoms with Gasteiger partial charge in [0.15, 0.2) is 0 Å². The molecule has 17 heteroatoms. The fourth-order valence-corrected chi connectivity index (χ4v) is 10.1. The van der Waals surface area contributed by atoms with E-state index in [0.29, 0.717) is 35.6 Å². The lowest BCUT2D eigenvalue weighted by Gasteiger charge is -2.37. The fraction of sp³-hybridized carbons (Fsp3) is 0.364. The molecule has 0 saturated carbocycles. The second-order valence-electron chi connectivity index (χ2n) is 21.9. The van der Waals surface area contributed by atoms with Crippen LogP contribution in [0, 0.1) is 0 Å². The van der Waals surface area contributed by atoms with Crippen LogP contribution in [0.2, 0.25) is 0 Å². The van der Waals surface area contributed by atoms with Gasteiger partial charge in [-0.2, -0.15) is 0 Å². The van der Waals surface area contributed by atoms with Gasteiger partial charge in [-0.05, 0) is 128 Å². The molecule has 4 bridgehead atoms. The Morgan fingerprint density at radius 1 is 0.602 bits per heavy atom. The number of piperidine rings is 1. The lowest BCUT2D eigenvalue weighted by molar-refractivity contribution is -0.142. The van der Waals surface area contributed by atoms with Gasteiger partial charge >= 0.3 is 18.3 Å². The van der Waals surface area contributed by atoms with Crippen LogP contribution in [0.25, 0.3) is 11.1 Å². The maximum atomic E-state index is 15.4. The Hall–Kier alpha value is -8.86. The van der Waals surface area contributed by atoms with Gasteiger partial charge in [0, 0.05) is 45.6 Å². The molecule has 0 spiro atoms. The molecule has 6 amide bonds. The van der Waals surface area contributed by atoms with E-state index in [0.717, 1.165) is 52.6 Å². The largest absolute Gasteiger partial charge is 0.489 e. The zero-order chi connectivity index (χ0) is 58.6. The quantitative estimate of drug-likeness (QED) is 0.0444. The molecule has 1 saturated heterocycles. The molecule has 4 N–H and O–H groups in total. The molecule has 6 aromatic rings. The third-order valence-corrected chi connectivity index (χ3v) is 14.5. The van der Waals surface area contributed by atoms with Crippen LogP contribution in [0.3, 0.4) is 0 Å². The summed E-state index contributed by atoms with van der Waals surface area (Å²) in [6.07, 6.45) is 1.04. The molecule has 83 heavy (non-hydrogen) atoms. The fourth-order valence-electron chi connectivity index (χ4n) is 10.1. The molecule has 1 unspecified atom stereocenters. The van der Waals surface area contributed by atoms with Crippen LogP contribution in [-0.4, -0.2) is 102 Å². The summed E-state index contributed by atoms with van der Waals surface area (Å²) in [5.41, 5.74) is 5.37. The first-order chi connectivity index (χ1) is 40.2. The first kappa shape index (κ1) is 60.2. The SMILES string of the molecule is CN1C(=O)[C@H](CCCNC(=O)OCc2ccccc2)NC(=O)[C@@H](NC(=O)OCc2ccccc2)Cc2cc(ccc2OCc2ccccc2)-c2ccc(OCc3ccccc3)c(c2)C[C@H]1C(=O)NCCC1CCCCN1C(=O)OC(C)(C)C. The maximum absolute atomic E-state index is 15.4. The third-order valence-electron chi connectivity index (χ3n) is 14.5. The summed E-state index contributed by atoms with van der Waals surface area (Å²) in [6.45, 7) is 6.67. The van der Waals surface area contributed by atoms with E-state index in [-0.39, 0.29) is 71.2 Å². The standard InChI is InChI=1S/C66H76N6O11/c1-66(2,3)83-65(78)72-37-18-17-28-54(72)34-36-67-61(74)57-41-53-39-51(31-33-59(53)80-43-47-22-11-6-12-23-47)50-30-32-58(79-42-46-20-9-5-10-21-46)52(38-50)40-56(70-64(77)82-45-49-26-15-8-16-27-49)60(73)69-55(62(75)71(57)4)29-19-35-68-63(76)81-44-48-24-13-7-14-25-48/h5-16,20-27,30-33,38-39,54-57H,17-19,28-29,34-37,40-45H2,1-4H3,(H,67,74)(H,68,76)(H,69,73)(H,70,77)/t54?,55-,56-,57-/m0/s1. The van der Waals surface area contributed by atoms with Crippen molar-refractivity contribution in [1.82, 2.24) is 31.1 Å². The minimum Gasteiger partial charge on any atom is -0.489 e. The number of fused-ring (bicyclic) bond motifs is 5. The van der Waals surface area contributed by atoms with Gasteiger partial charge in [0.25, 0.3) is 0 Å². The van der Waals surface area contributed by atoms with Crippen molar-refractivity contribution >= 4 is 36.0 Å². The second-order valence-corrected chi connectivity index (χ2v) is 21.9. The molecule has 1 fully saturated rings. The van der Waals surface area contributed by atoms with Gasteiger partial charge in [0.1, 0.15) is 61.7 Å². The minimum absolute atomic E-state index is 0.00256. The van der Waals surface area contributed by atoms with Gasteiger partial charge in [0.05, 0.1) is 0 Å². The zero-order valence-electron chi connectivity index (χ0n) is 47.8. The monoisotopic (exact) mass is 1130 g/mol. The highest BCUT2D eigenvalue weighted by Gasteiger charge is 2.36. The number of nitrogens with one attached hydrogen (secondary N) is 4. The Kier molecular flexibility index (Phi) is 21.6. The first-order valence-corrected chi connectivity index (χ1v) is 28.5. The Balaban J connectivity index is 1.15. The van der Waals surface area contributed by atoms with Gasteiger partial charge < -0.3 is 54.8 Å². The summed E-state index contributed by atoms with van der Waals surface area (Å²) in [6, 6.07) is 45.1. The van der Waals surface area contributed by atoms with E-state index in [4.69, 9.17) is 23.7 Å². The van der Waals surface area contributed by atoms with Crippen molar-refractivity contribution in [3.63, 3.8) is 0 Å². The number of carbonyl (C=O) groups excluding carboxylic acids is 6. The summed E-state index contributed by atoms with van der Waals surface area (Å²) in [5.74, 6) is -0.839. The van der Waals surface area contributed by atoms with Gasteiger partial charge in [-0.3, -0.25) is 14.4 Å². The zero-order valence-corrected chi connectivity index (χ0v) is 47.8. The van der Waals surface area contributed by atoms with Crippen LogP contribution in [0.5, 0.6) is 11.5 Å². The topological polar surface area (TPSA) is 203 Å². The lowest BCUT2D eigenvalue weighted by Crippen LogP contribution is -2.58. The number of hydrogen-bond donors (Lipinski definition) is 4. The predicted molar refractivity (Wildman–Crippen MR) is 315 cm³/mol. The van der Waals surface area contributed by atoms with E-state index in [2.05, 4.69) is 21.3 Å². The molecule has 2 aliphatic heterocycles. The van der Waals surface area contributed by atoms with Crippen molar-refractivity contribution in [2.75, 3.05) is 26.7 Å². The van der Waals surface area contributed by atoms with E-state index < -0.39 is 59.7 Å². The van der Waals surface area contributed by atoms with E-state index in [1.54, 1.807) is 4.90 Å². The second kappa shape index (κ2) is 29.7. The van der Waals surface area contributed by atoms with E-state index >= 15 is 14.4 Å². The average Bonchev–Trinajstić information content (AvgIpc) is 3.70. The van der Waals surface area contributed by atoms with Crippen LogP contribution in [0.15, 0.2) is 158 Å². The molecule has 6 aromatic carbocycles. The van der Waals surface area contributed by atoms with Crippen LogP contribution >= 0.6 is 0 Å². The highest BCUT2D eigenvalue weighted by molar-refractivity contribution is 5.94. The molecule has 0 aromatic heterocycles. The number of amides is 6. The molecular weight excluding hydrogens is 1050 g/mol. The van der Waals surface area contributed by atoms with Crippen molar-refractivity contribution in [2.45, 2.75) is 128 Å². The Bertz CT molecular complexity index is 3110. The molecule has 8 rings (SSSR count). The van der Waals surface area contributed by atoms with Crippen LogP contribution in [-0.2, 0) is 67.9 Å². The summed E-state index contributed by atoms with van der Waals surface area (Å²) < 4.78 is 30.0. The summed E-state index contributed by atoms with van der Waals surface area (Å²) in [5, 5.41) is 11.6. The van der Waals surface area contributed by atoms with Crippen molar-refractivity contribution in [2.24, 2.45) is 0 Å². The highest BCUT2D eigenvalue weighted by atomic mass is 16.6. The van der Waals surface area contributed by atoms with Gasteiger partial charge in [0.2, 0.25) is 17.7 Å². The van der Waals surface area contributed by atoms with Gasteiger partial charge in [-0.25, -0.2) is 14.4 Å². The summed E-state index contributed by atoms with van der Waals surface area (Å²) in [4.78, 5) is 88.8. The van der Waals surface area contributed by atoms with Gasteiger partial charge in [-0.15, -0.1) is 0 Å². The minimum atomic E-state index is -1.33. The number of ether oxygens (including phenoxy) is 5. The number of alkyl carbamates (subject to hydrolysis) is 2. The first-order valence-electron chi connectivity index (χ1n) is 28.5. The van der Waals surface area contributed by atoms with Crippen molar-refractivity contribution in [3.05, 3.63) is 191 Å². The number of benzene rings is 6. The van der Waals surface area contributed by atoms with Crippen molar-refractivity contribution in [3.8, 4) is 22.6 Å². The van der Waals surface area contributed by atoms with Crippen LogP contribution in [0.4, 0.5) is 14.4 Å². The molecular formula is C66H76N6O11. The van der Waals surface area contributed by atoms with Crippen LogP contribution in [0.1, 0.15) is 92.7 Å².